The Bertz CT molecular complexity index is 150. The van der Waals surface area contributed by atoms with E-state index in [1.54, 1.807) is 0 Å². The van der Waals surface area contributed by atoms with Crippen LogP contribution in [0.4, 0.5) is 0 Å². The van der Waals surface area contributed by atoms with Gasteiger partial charge < -0.3 is 25.5 Å². The molecule has 1 saturated heterocycles. The second-order valence-electron chi connectivity index (χ2n) is 2.87. The minimum atomic E-state index is -1.36. The first-order chi connectivity index (χ1) is 5.57. The predicted molar refractivity (Wildman–Crippen MR) is 43.2 cm³/mol. The number of hydrogen-bond donors (Lipinski definition) is 5. The van der Waals surface area contributed by atoms with Gasteiger partial charge in [-0.1, -0.05) is 8.58 Å². The van der Waals surface area contributed by atoms with Gasteiger partial charge in [0.15, 0.2) is 0 Å². The van der Waals surface area contributed by atoms with E-state index in [1.165, 1.54) is 0 Å². The second-order valence-corrected chi connectivity index (χ2v) is 4.54. The summed E-state index contributed by atoms with van der Waals surface area (Å²) in [6.07, 6.45) is -3.81. The highest BCUT2D eigenvalue weighted by Crippen LogP contribution is 2.36. The van der Waals surface area contributed by atoms with Gasteiger partial charge in [-0.3, -0.25) is 0 Å². The Balaban J connectivity index is 2.63. The van der Waals surface area contributed by atoms with Crippen molar-refractivity contribution < 1.29 is 25.5 Å². The molecule has 1 aliphatic rings. The number of aliphatic hydroxyl groups is 5. The first kappa shape index (κ1) is 10.3. The van der Waals surface area contributed by atoms with Crippen LogP contribution in [-0.2, 0) is 0 Å². The summed E-state index contributed by atoms with van der Waals surface area (Å²) in [4.78, 5) is 0. The van der Waals surface area contributed by atoms with Gasteiger partial charge in [-0.2, -0.15) is 0 Å². The molecular weight excluding hydrogens is 183 g/mol. The largest absolute Gasteiger partial charge is 0.396 e. The predicted octanol–water partition coefficient (Wildman–Crippen LogP) is -2.56. The monoisotopic (exact) mass is 196 g/mol. The molecule has 0 radical (unpaired) electrons. The van der Waals surface area contributed by atoms with E-state index >= 15 is 0 Å². The topological polar surface area (TPSA) is 101 Å². The molecule has 0 saturated carbocycles. The third-order valence-corrected chi connectivity index (χ3v) is 3.65. The highest BCUT2D eigenvalue weighted by molar-refractivity contribution is 7.39. The Kier molecular flexibility index (Phi) is 3.40. The fourth-order valence-corrected chi connectivity index (χ4v) is 2.54. The molecule has 0 aromatic heterocycles. The lowest BCUT2D eigenvalue weighted by atomic mass is 10.0. The van der Waals surface area contributed by atoms with E-state index in [1.807, 2.05) is 0 Å². The van der Waals surface area contributed by atoms with Gasteiger partial charge in [0.25, 0.3) is 0 Å². The molecule has 5 nitrogen and oxygen atoms in total. The van der Waals surface area contributed by atoms with E-state index in [9.17, 15) is 5.11 Å². The van der Waals surface area contributed by atoms with Gasteiger partial charge in [0.1, 0.15) is 12.2 Å². The van der Waals surface area contributed by atoms with E-state index in [2.05, 4.69) is 0 Å². The molecule has 1 aliphatic heterocycles. The molecule has 1 heterocycles. The molecule has 6 atom stereocenters. The summed E-state index contributed by atoms with van der Waals surface area (Å²) >= 11 is 0. The van der Waals surface area contributed by atoms with E-state index in [-0.39, 0.29) is 15.2 Å². The van der Waals surface area contributed by atoms with Crippen LogP contribution in [0, 0.1) is 0 Å². The van der Waals surface area contributed by atoms with Gasteiger partial charge in [-0.05, 0) is 0 Å². The van der Waals surface area contributed by atoms with E-state index in [0.717, 1.165) is 0 Å². The lowest BCUT2D eigenvalue weighted by Crippen LogP contribution is -2.52. The van der Waals surface area contributed by atoms with E-state index in [4.69, 9.17) is 20.4 Å². The minimum absolute atomic E-state index is 0.141. The van der Waals surface area contributed by atoms with Crippen molar-refractivity contribution in [3.8, 4) is 0 Å². The molecule has 0 aromatic carbocycles. The van der Waals surface area contributed by atoms with Gasteiger partial charge in [0.2, 0.25) is 0 Å². The normalized spacial score (nSPS) is 51.2. The van der Waals surface area contributed by atoms with Crippen LogP contribution >= 0.6 is 8.58 Å². The van der Waals surface area contributed by atoms with Crippen molar-refractivity contribution in [2.45, 2.75) is 29.8 Å². The third kappa shape index (κ3) is 1.76. The first-order valence-corrected chi connectivity index (χ1v) is 4.82. The Morgan fingerprint density at radius 1 is 0.917 bits per heavy atom. The average Bonchev–Trinajstić information content (AvgIpc) is 2.08. The fourth-order valence-electron chi connectivity index (χ4n) is 1.20. The maximum atomic E-state index is 9.25. The van der Waals surface area contributed by atoms with Gasteiger partial charge in [0.05, 0.1) is 18.6 Å². The number of hydrogen-bond acceptors (Lipinski definition) is 5. The summed E-state index contributed by atoms with van der Waals surface area (Å²) in [5, 5.41) is 45.4. The summed E-state index contributed by atoms with van der Waals surface area (Å²) in [6, 6.07) is 0. The maximum absolute atomic E-state index is 9.25. The molecule has 6 heteroatoms. The van der Waals surface area contributed by atoms with Crippen molar-refractivity contribution in [1.82, 2.24) is 0 Å². The van der Waals surface area contributed by atoms with Crippen LogP contribution in [0.15, 0.2) is 0 Å². The molecule has 12 heavy (non-hydrogen) atoms. The van der Waals surface area contributed by atoms with Crippen molar-refractivity contribution in [3.05, 3.63) is 0 Å². The Morgan fingerprint density at radius 2 is 1.50 bits per heavy atom. The van der Waals surface area contributed by atoms with Crippen molar-refractivity contribution >= 4 is 8.58 Å². The van der Waals surface area contributed by atoms with Crippen LogP contribution in [-0.4, -0.2) is 62.0 Å². The molecule has 1 fully saturated rings. The zero-order valence-corrected chi connectivity index (χ0v) is 7.33. The van der Waals surface area contributed by atoms with E-state index in [0.29, 0.717) is 0 Å². The molecule has 6 unspecified atom stereocenters. The molecule has 0 aromatic rings. The lowest BCUT2D eigenvalue weighted by molar-refractivity contribution is -0.0973. The van der Waals surface area contributed by atoms with Crippen molar-refractivity contribution in [1.29, 1.82) is 0 Å². The Hall–Kier alpha value is 0.230. The van der Waals surface area contributed by atoms with Crippen LogP contribution in [0.3, 0.4) is 0 Å². The summed E-state index contributed by atoms with van der Waals surface area (Å²) in [7, 11) is -0.141. The Morgan fingerprint density at radius 3 is 2.00 bits per heavy atom. The van der Waals surface area contributed by atoms with Crippen molar-refractivity contribution in [3.63, 3.8) is 0 Å². The van der Waals surface area contributed by atoms with Gasteiger partial charge in [-0.25, -0.2) is 0 Å². The standard InChI is InChI=1S/C6H13O5P/c7-1-2-3(8)4(9)5(10)6(11)12-2/h2-12H,1H2. The zero-order valence-electron chi connectivity index (χ0n) is 6.33. The summed E-state index contributed by atoms with van der Waals surface area (Å²) in [5.41, 5.74) is -0.529. The maximum Gasteiger partial charge on any atom is 0.112 e. The smallest absolute Gasteiger partial charge is 0.112 e. The molecule has 0 aliphatic carbocycles. The lowest BCUT2D eigenvalue weighted by Gasteiger charge is -2.37. The summed E-state index contributed by atoms with van der Waals surface area (Å²) in [5.74, 6) is -1.04. The molecule has 5 N–H and O–H groups in total. The van der Waals surface area contributed by atoms with E-state index < -0.39 is 29.8 Å². The molecule has 72 valence electrons. The van der Waals surface area contributed by atoms with Crippen LogP contribution in [0.1, 0.15) is 0 Å². The summed E-state index contributed by atoms with van der Waals surface area (Å²) < 4.78 is 0. The number of aliphatic hydroxyl groups excluding tert-OH is 5. The molecule has 0 spiro atoms. The highest BCUT2D eigenvalue weighted by atomic mass is 31.1. The zero-order chi connectivity index (χ0) is 9.30. The third-order valence-electron chi connectivity index (χ3n) is 2.02. The van der Waals surface area contributed by atoms with Crippen molar-refractivity contribution in [2.75, 3.05) is 6.61 Å². The van der Waals surface area contributed by atoms with Gasteiger partial charge in [0, 0.05) is 5.66 Å². The number of rotatable bonds is 1. The Labute approximate surface area is 71.4 Å². The molecule has 0 bridgehead atoms. The first-order valence-electron chi connectivity index (χ1n) is 3.67. The SMILES string of the molecule is OCC1PC(O)C(O)C(O)C1O. The molecule has 1 rings (SSSR count). The van der Waals surface area contributed by atoms with Gasteiger partial charge in [-0.15, -0.1) is 0 Å². The second kappa shape index (κ2) is 3.96. The van der Waals surface area contributed by atoms with Crippen LogP contribution in [0.5, 0.6) is 0 Å². The van der Waals surface area contributed by atoms with Crippen molar-refractivity contribution in [2.24, 2.45) is 0 Å². The fraction of sp³-hybridized carbons (Fsp3) is 1.00. The van der Waals surface area contributed by atoms with Crippen LogP contribution < -0.4 is 0 Å². The quantitative estimate of drug-likeness (QED) is 0.297. The average molecular weight is 196 g/mol. The summed E-state index contributed by atoms with van der Waals surface area (Å²) in [6.45, 7) is -0.291. The minimum Gasteiger partial charge on any atom is -0.396 e. The van der Waals surface area contributed by atoms with Gasteiger partial charge >= 0.3 is 0 Å². The van der Waals surface area contributed by atoms with Crippen LogP contribution in [0.2, 0.25) is 0 Å². The van der Waals surface area contributed by atoms with Crippen LogP contribution in [0.25, 0.3) is 0 Å². The molecular formula is C6H13O5P. The highest BCUT2D eigenvalue weighted by Gasteiger charge is 2.41. The molecule has 0 amide bonds.